The lowest BCUT2D eigenvalue weighted by Crippen LogP contribution is -2.21. The highest BCUT2D eigenvalue weighted by Gasteiger charge is 2.21. The van der Waals surface area contributed by atoms with Crippen molar-refractivity contribution in [3.8, 4) is 0 Å². The molecule has 134 valence electrons. The van der Waals surface area contributed by atoms with E-state index < -0.39 is 0 Å². The van der Waals surface area contributed by atoms with Gasteiger partial charge in [0.25, 0.3) is 0 Å². The van der Waals surface area contributed by atoms with Gasteiger partial charge in [0.2, 0.25) is 0 Å². The van der Waals surface area contributed by atoms with Crippen molar-refractivity contribution in [2.75, 3.05) is 23.8 Å². The molecule has 0 aromatic carbocycles. The van der Waals surface area contributed by atoms with Gasteiger partial charge in [-0.15, -0.1) is 0 Å². The standard InChI is InChI=1S/C17H24N6O2/c1-22-16(10-14(20-22)12-5-4-8-25-11-12)19-17(24)18-15-9-13-6-2-3-7-23(13)21-15/h9-10,12H,2-8,11H2,1H3,(H2,18,19,21,24). The number of carbonyl (C=O) groups is 1. The summed E-state index contributed by atoms with van der Waals surface area (Å²) in [5.41, 5.74) is 2.15. The maximum atomic E-state index is 12.3. The molecule has 0 spiro atoms. The van der Waals surface area contributed by atoms with E-state index in [1.54, 1.807) is 4.68 Å². The molecule has 4 heterocycles. The zero-order valence-corrected chi connectivity index (χ0v) is 14.5. The second-order valence-electron chi connectivity index (χ2n) is 6.77. The van der Waals surface area contributed by atoms with Crippen molar-refractivity contribution in [2.45, 2.75) is 44.6 Å². The number of aromatic nitrogens is 4. The normalized spacial score (nSPS) is 20.1. The Labute approximate surface area is 146 Å². The molecule has 8 nitrogen and oxygen atoms in total. The van der Waals surface area contributed by atoms with Crippen molar-refractivity contribution < 1.29 is 9.53 Å². The summed E-state index contributed by atoms with van der Waals surface area (Å²) >= 11 is 0. The van der Waals surface area contributed by atoms with E-state index >= 15 is 0 Å². The molecule has 2 aliphatic heterocycles. The first-order chi connectivity index (χ1) is 12.2. The van der Waals surface area contributed by atoms with E-state index in [1.165, 1.54) is 12.1 Å². The van der Waals surface area contributed by atoms with Gasteiger partial charge in [-0.3, -0.25) is 20.0 Å². The number of anilines is 2. The van der Waals surface area contributed by atoms with E-state index in [9.17, 15) is 4.79 Å². The number of ether oxygens (including phenoxy) is 1. The topological polar surface area (TPSA) is 86.0 Å². The maximum Gasteiger partial charge on any atom is 0.326 e. The van der Waals surface area contributed by atoms with Crippen molar-refractivity contribution in [1.82, 2.24) is 19.6 Å². The number of carbonyl (C=O) groups excluding carboxylic acids is 1. The van der Waals surface area contributed by atoms with E-state index in [-0.39, 0.29) is 6.03 Å². The highest BCUT2D eigenvalue weighted by atomic mass is 16.5. The maximum absolute atomic E-state index is 12.3. The van der Waals surface area contributed by atoms with Crippen LogP contribution in [0.3, 0.4) is 0 Å². The quantitative estimate of drug-likeness (QED) is 0.896. The SMILES string of the molecule is Cn1nc(C2CCCOC2)cc1NC(=O)Nc1cc2n(n1)CCCC2. The van der Waals surface area contributed by atoms with Gasteiger partial charge < -0.3 is 4.74 Å². The van der Waals surface area contributed by atoms with E-state index in [2.05, 4.69) is 20.8 Å². The van der Waals surface area contributed by atoms with Gasteiger partial charge in [-0.25, -0.2) is 4.79 Å². The van der Waals surface area contributed by atoms with Gasteiger partial charge in [-0.2, -0.15) is 10.2 Å². The monoisotopic (exact) mass is 344 g/mol. The number of hydrogen-bond donors (Lipinski definition) is 2. The van der Waals surface area contributed by atoms with Gasteiger partial charge in [-0.1, -0.05) is 0 Å². The smallest absolute Gasteiger partial charge is 0.326 e. The van der Waals surface area contributed by atoms with Gasteiger partial charge in [0.05, 0.1) is 12.3 Å². The van der Waals surface area contributed by atoms with Crippen LogP contribution in [-0.2, 0) is 24.8 Å². The van der Waals surface area contributed by atoms with Crippen LogP contribution in [0.25, 0.3) is 0 Å². The molecule has 2 N–H and O–H groups in total. The van der Waals surface area contributed by atoms with Gasteiger partial charge in [0.15, 0.2) is 5.82 Å². The summed E-state index contributed by atoms with van der Waals surface area (Å²) in [6.45, 7) is 2.45. The Kier molecular flexibility index (Phi) is 4.44. The zero-order valence-electron chi connectivity index (χ0n) is 14.5. The highest BCUT2D eigenvalue weighted by molar-refractivity contribution is 5.98. The Bertz CT molecular complexity index is 736. The van der Waals surface area contributed by atoms with Crippen LogP contribution < -0.4 is 10.6 Å². The summed E-state index contributed by atoms with van der Waals surface area (Å²) in [6.07, 6.45) is 5.46. The van der Waals surface area contributed by atoms with Crippen molar-refractivity contribution in [1.29, 1.82) is 0 Å². The molecule has 0 aliphatic carbocycles. The predicted molar refractivity (Wildman–Crippen MR) is 93.8 cm³/mol. The zero-order chi connectivity index (χ0) is 17.2. The Hall–Kier alpha value is -2.35. The largest absolute Gasteiger partial charge is 0.381 e. The van der Waals surface area contributed by atoms with E-state index in [0.29, 0.717) is 24.2 Å². The summed E-state index contributed by atoms with van der Waals surface area (Å²) in [5, 5.41) is 14.6. The Morgan fingerprint density at radius 2 is 2.16 bits per heavy atom. The number of hydrogen-bond acceptors (Lipinski definition) is 4. The predicted octanol–water partition coefficient (Wildman–Crippen LogP) is 2.49. The van der Waals surface area contributed by atoms with Gasteiger partial charge in [0.1, 0.15) is 5.82 Å². The van der Waals surface area contributed by atoms with Crippen LogP contribution in [0.5, 0.6) is 0 Å². The second-order valence-corrected chi connectivity index (χ2v) is 6.77. The first kappa shape index (κ1) is 16.1. The Morgan fingerprint density at radius 3 is 2.96 bits per heavy atom. The van der Waals surface area contributed by atoms with Crippen LogP contribution in [0.15, 0.2) is 12.1 Å². The summed E-state index contributed by atoms with van der Waals surface area (Å²) in [7, 11) is 1.83. The average molecular weight is 344 g/mol. The first-order valence-electron chi connectivity index (χ1n) is 8.95. The highest BCUT2D eigenvalue weighted by Crippen LogP contribution is 2.26. The van der Waals surface area contributed by atoms with Gasteiger partial charge in [-0.05, 0) is 32.1 Å². The van der Waals surface area contributed by atoms with Crippen LogP contribution in [0.4, 0.5) is 16.4 Å². The van der Waals surface area contributed by atoms with Crippen molar-refractivity contribution in [3.63, 3.8) is 0 Å². The van der Waals surface area contributed by atoms with E-state index in [1.807, 2.05) is 23.9 Å². The lowest BCUT2D eigenvalue weighted by Gasteiger charge is -2.19. The number of nitrogens with one attached hydrogen (secondary N) is 2. The molecule has 1 atom stereocenters. The summed E-state index contributed by atoms with van der Waals surface area (Å²) in [6, 6.07) is 3.58. The fourth-order valence-corrected chi connectivity index (χ4v) is 3.52. The minimum atomic E-state index is -0.301. The molecule has 8 heteroatoms. The molecule has 1 saturated heterocycles. The van der Waals surface area contributed by atoms with Gasteiger partial charge in [0, 0.05) is 43.9 Å². The number of urea groups is 1. The number of fused-ring (bicyclic) bond motifs is 1. The summed E-state index contributed by atoms with van der Waals surface area (Å²) < 4.78 is 9.20. The fraction of sp³-hybridized carbons (Fsp3) is 0.588. The minimum absolute atomic E-state index is 0.301. The van der Waals surface area contributed by atoms with E-state index in [0.717, 1.165) is 44.5 Å². The third-order valence-corrected chi connectivity index (χ3v) is 4.88. The molecule has 2 amide bonds. The van der Waals surface area contributed by atoms with E-state index in [4.69, 9.17) is 4.74 Å². The number of nitrogens with zero attached hydrogens (tertiary/aromatic N) is 4. The summed E-state index contributed by atoms with van der Waals surface area (Å²) in [5.74, 6) is 1.57. The molecule has 25 heavy (non-hydrogen) atoms. The van der Waals surface area contributed by atoms with Crippen LogP contribution in [-0.4, -0.2) is 38.8 Å². The molecule has 0 radical (unpaired) electrons. The lowest BCUT2D eigenvalue weighted by molar-refractivity contribution is 0.0791. The molecular formula is C17H24N6O2. The number of aryl methyl sites for hydroxylation is 3. The minimum Gasteiger partial charge on any atom is -0.381 e. The molecular weight excluding hydrogens is 320 g/mol. The third-order valence-electron chi connectivity index (χ3n) is 4.88. The van der Waals surface area contributed by atoms with Crippen LogP contribution >= 0.6 is 0 Å². The van der Waals surface area contributed by atoms with Crippen LogP contribution in [0.1, 0.15) is 43.0 Å². The molecule has 1 unspecified atom stereocenters. The fourth-order valence-electron chi connectivity index (χ4n) is 3.52. The molecule has 1 fully saturated rings. The number of rotatable bonds is 3. The molecule has 0 bridgehead atoms. The molecule has 2 aromatic heterocycles. The van der Waals surface area contributed by atoms with Crippen molar-refractivity contribution >= 4 is 17.7 Å². The molecule has 2 aliphatic rings. The number of amides is 2. The summed E-state index contributed by atoms with van der Waals surface area (Å²) in [4.78, 5) is 12.3. The third kappa shape index (κ3) is 3.53. The van der Waals surface area contributed by atoms with Crippen molar-refractivity contribution in [2.24, 2.45) is 7.05 Å². The average Bonchev–Trinajstić information content (AvgIpc) is 3.18. The lowest BCUT2D eigenvalue weighted by atomic mass is 9.99. The molecule has 2 aromatic rings. The van der Waals surface area contributed by atoms with Crippen LogP contribution in [0, 0.1) is 0 Å². The van der Waals surface area contributed by atoms with Crippen LogP contribution in [0.2, 0.25) is 0 Å². The van der Waals surface area contributed by atoms with Crippen molar-refractivity contribution in [3.05, 3.63) is 23.5 Å². The Balaban J connectivity index is 1.40. The molecule has 4 rings (SSSR count). The van der Waals surface area contributed by atoms with Gasteiger partial charge >= 0.3 is 6.03 Å². The Morgan fingerprint density at radius 1 is 1.24 bits per heavy atom. The molecule has 0 saturated carbocycles. The second kappa shape index (κ2) is 6.87. The first-order valence-corrected chi connectivity index (χ1v) is 8.95.